The molecule has 1 saturated carbocycles. The van der Waals surface area contributed by atoms with Crippen LogP contribution >= 0.6 is 0 Å². The van der Waals surface area contributed by atoms with Gasteiger partial charge in [0, 0.05) is 19.2 Å². The second-order valence-electron chi connectivity index (χ2n) is 5.41. The number of rotatable bonds is 3. The highest BCUT2D eigenvalue weighted by molar-refractivity contribution is 7.91. The summed E-state index contributed by atoms with van der Waals surface area (Å²) >= 11 is 0. The lowest BCUT2D eigenvalue weighted by atomic mass is 10.1. The highest BCUT2D eigenvalue weighted by atomic mass is 32.2. The molecule has 0 saturated heterocycles. The third kappa shape index (κ3) is 2.42. The smallest absolute Gasteiger partial charge is 0.180 e. The fourth-order valence-electron chi connectivity index (χ4n) is 3.18. The Balaban J connectivity index is 1.77. The van der Waals surface area contributed by atoms with Crippen LogP contribution in [0.1, 0.15) is 30.9 Å². The van der Waals surface area contributed by atoms with Crippen LogP contribution in [0.3, 0.4) is 0 Å². The summed E-state index contributed by atoms with van der Waals surface area (Å²) in [5.74, 6) is 0.181. The molecule has 1 aliphatic heterocycles. The zero-order chi connectivity index (χ0) is 13.5. The van der Waals surface area contributed by atoms with E-state index < -0.39 is 9.84 Å². The Morgan fingerprint density at radius 2 is 2.05 bits per heavy atom. The first kappa shape index (κ1) is 13.1. The van der Waals surface area contributed by atoms with E-state index in [0.29, 0.717) is 17.0 Å². The normalized spacial score (nSPS) is 32.4. The summed E-state index contributed by atoms with van der Waals surface area (Å²) in [6, 6.07) is 7.60. The van der Waals surface area contributed by atoms with Crippen LogP contribution in [0, 0.1) is 0 Å². The zero-order valence-corrected chi connectivity index (χ0v) is 11.8. The molecule has 104 valence electrons. The minimum Gasteiger partial charge on any atom is -0.381 e. The van der Waals surface area contributed by atoms with E-state index in [1.807, 2.05) is 12.1 Å². The highest BCUT2D eigenvalue weighted by Gasteiger charge is 2.36. The molecule has 1 aromatic rings. The maximum atomic E-state index is 12.1. The molecule has 1 aliphatic carbocycles. The van der Waals surface area contributed by atoms with Crippen LogP contribution in [-0.2, 0) is 14.6 Å². The molecule has 0 bridgehead atoms. The Morgan fingerprint density at radius 1 is 1.26 bits per heavy atom. The largest absolute Gasteiger partial charge is 0.381 e. The van der Waals surface area contributed by atoms with Crippen molar-refractivity contribution >= 4 is 9.84 Å². The fourth-order valence-corrected chi connectivity index (χ4v) is 4.93. The number of nitrogens with one attached hydrogen (secondary N) is 1. The molecule has 5 heteroatoms. The van der Waals surface area contributed by atoms with E-state index >= 15 is 0 Å². The Kier molecular flexibility index (Phi) is 3.37. The Bertz CT molecular complexity index is 570. The number of ether oxygens (including phenoxy) is 1. The van der Waals surface area contributed by atoms with Gasteiger partial charge in [0.1, 0.15) is 0 Å². The second kappa shape index (κ2) is 4.89. The lowest BCUT2D eigenvalue weighted by Gasteiger charge is -2.18. The van der Waals surface area contributed by atoms with Gasteiger partial charge in [-0.25, -0.2) is 8.42 Å². The van der Waals surface area contributed by atoms with Crippen LogP contribution in [0.2, 0.25) is 0 Å². The van der Waals surface area contributed by atoms with Crippen LogP contribution in [0.15, 0.2) is 29.2 Å². The van der Waals surface area contributed by atoms with Gasteiger partial charge in [-0.05, 0) is 30.9 Å². The molecule has 1 N–H and O–H groups in total. The maximum Gasteiger partial charge on any atom is 0.180 e. The summed E-state index contributed by atoms with van der Waals surface area (Å²) < 4.78 is 29.5. The van der Waals surface area contributed by atoms with E-state index in [2.05, 4.69) is 5.32 Å². The first-order valence-electron chi connectivity index (χ1n) is 6.70. The first-order valence-corrected chi connectivity index (χ1v) is 8.36. The fraction of sp³-hybridized carbons (Fsp3) is 0.571. The summed E-state index contributed by atoms with van der Waals surface area (Å²) in [5.41, 5.74) is 0.920. The molecule has 3 rings (SSSR count). The molecule has 0 amide bonds. The average molecular weight is 281 g/mol. The van der Waals surface area contributed by atoms with Crippen LogP contribution in [0.4, 0.5) is 0 Å². The highest BCUT2D eigenvalue weighted by Crippen LogP contribution is 2.34. The van der Waals surface area contributed by atoms with Crippen molar-refractivity contribution in [2.75, 3.05) is 12.9 Å². The van der Waals surface area contributed by atoms with E-state index in [1.165, 1.54) is 0 Å². The molecule has 2 aliphatic rings. The van der Waals surface area contributed by atoms with Crippen molar-refractivity contribution in [1.29, 1.82) is 0 Å². The third-order valence-corrected chi connectivity index (χ3v) is 5.98. The lowest BCUT2D eigenvalue weighted by molar-refractivity contribution is 0.106. The van der Waals surface area contributed by atoms with Crippen LogP contribution in [0.25, 0.3) is 0 Å². The van der Waals surface area contributed by atoms with E-state index in [1.54, 1.807) is 19.2 Å². The first-order chi connectivity index (χ1) is 9.10. The number of sulfone groups is 1. The molecule has 0 spiro atoms. The maximum absolute atomic E-state index is 12.1. The average Bonchev–Trinajstić information content (AvgIpc) is 2.94. The zero-order valence-electron chi connectivity index (χ0n) is 11.0. The second-order valence-corrected chi connectivity index (χ2v) is 7.41. The summed E-state index contributed by atoms with van der Waals surface area (Å²) in [7, 11) is -1.37. The van der Waals surface area contributed by atoms with Crippen molar-refractivity contribution in [3.8, 4) is 0 Å². The SMILES string of the molecule is COC1CCC(NC2CS(=O)(=O)c3ccccc32)C1. The molecular weight excluding hydrogens is 262 g/mol. The standard InChI is InChI=1S/C14H19NO3S/c1-18-11-7-6-10(8-11)15-13-9-19(16,17)14-5-3-2-4-12(13)14/h2-5,10-11,13,15H,6-9H2,1H3. The molecule has 19 heavy (non-hydrogen) atoms. The molecule has 1 aromatic carbocycles. The van der Waals surface area contributed by atoms with E-state index in [0.717, 1.165) is 24.8 Å². The quantitative estimate of drug-likeness (QED) is 0.915. The predicted octanol–water partition coefficient (Wildman–Crippen LogP) is 1.67. The van der Waals surface area contributed by atoms with Gasteiger partial charge in [0.05, 0.1) is 16.8 Å². The van der Waals surface area contributed by atoms with Gasteiger partial charge >= 0.3 is 0 Å². The summed E-state index contributed by atoms with van der Waals surface area (Å²) in [6.45, 7) is 0. The predicted molar refractivity (Wildman–Crippen MR) is 72.8 cm³/mol. The molecule has 0 aromatic heterocycles. The minimum atomic E-state index is -3.11. The van der Waals surface area contributed by atoms with Crippen molar-refractivity contribution in [1.82, 2.24) is 5.32 Å². The summed E-state index contributed by atoms with van der Waals surface area (Å²) in [4.78, 5) is 0.494. The van der Waals surface area contributed by atoms with Crippen molar-refractivity contribution in [3.05, 3.63) is 29.8 Å². The van der Waals surface area contributed by atoms with Gasteiger partial charge in [-0.15, -0.1) is 0 Å². The van der Waals surface area contributed by atoms with Gasteiger partial charge in [-0.1, -0.05) is 18.2 Å². The van der Waals surface area contributed by atoms with Gasteiger partial charge in [-0.3, -0.25) is 0 Å². The van der Waals surface area contributed by atoms with Gasteiger partial charge in [-0.2, -0.15) is 0 Å². The monoisotopic (exact) mass is 281 g/mol. The van der Waals surface area contributed by atoms with Crippen molar-refractivity contribution in [2.24, 2.45) is 0 Å². The van der Waals surface area contributed by atoms with Gasteiger partial charge in [0.25, 0.3) is 0 Å². The lowest BCUT2D eigenvalue weighted by Crippen LogP contribution is -2.32. The van der Waals surface area contributed by atoms with E-state index in [4.69, 9.17) is 4.74 Å². The molecular formula is C14H19NO3S. The summed E-state index contributed by atoms with van der Waals surface area (Å²) in [6.07, 6.45) is 3.38. The van der Waals surface area contributed by atoms with Crippen molar-refractivity contribution < 1.29 is 13.2 Å². The molecule has 1 fully saturated rings. The van der Waals surface area contributed by atoms with E-state index in [-0.39, 0.29) is 11.8 Å². The number of fused-ring (bicyclic) bond motifs is 1. The van der Waals surface area contributed by atoms with Crippen molar-refractivity contribution in [2.45, 2.75) is 42.3 Å². The van der Waals surface area contributed by atoms with E-state index in [9.17, 15) is 8.42 Å². The van der Waals surface area contributed by atoms with Gasteiger partial charge < -0.3 is 10.1 Å². The minimum absolute atomic E-state index is 0.0678. The Hall–Kier alpha value is -0.910. The Morgan fingerprint density at radius 3 is 2.79 bits per heavy atom. The molecule has 1 heterocycles. The van der Waals surface area contributed by atoms with Crippen molar-refractivity contribution in [3.63, 3.8) is 0 Å². The van der Waals surface area contributed by atoms with Gasteiger partial charge in [0.15, 0.2) is 9.84 Å². The number of methoxy groups -OCH3 is 1. The van der Waals surface area contributed by atoms with Crippen LogP contribution in [0.5, 0.6) is 0 Å². The molecule has 0 radical (unpaired) electrons. The number of hydrogen-bond acceptors (Lipinski definition) is 4. The number of hydrogen-bond donors (Lipinski definition) is 1. The van der Waals surface area contributed by atoms with Crippen LogP contribution < -0.4 is 5.32 Å². The summed E-state index contributed by atoms with van der Waals surface area (Å²) in [5, 5.41) is 3.49. The number of benzene rings is 1. The molecule has 3 atom stereocenters. The topological polar surface area (TPSA) is 55.4 Å². The van der Waals surface area contributed by atoms with Crippen LogP contribution in [-0.4, -0.2) is 33.4 Å². The van der Waals surface area contributed by atoms with Gasteiger partial charge in [0.2, 0.25) is 0 Å². The Labute approximate surface area is 114 Å². The molecule has 4 nitrogen and oxygen atoms in total. The molecule has 3 unspecified atom stereocenters. The third-order valence-electron chi connectivity index (χ3n) is 4.17.